The predicted molar refractivity (Wildman–Crippen MR) is 170 cm³/mol. The molecule has 1 unspecified atom stereocenters. The van der Waals surface area contributed by atoms with Gasteiger partial charge < -0.3 is 4.74 Å². The Hall–Kier alpha value is -0.670. The van der Waals surface area contributed by atoms with Crippen LogP contribution in [0.2, 0.25) is 0 Å². The largest absolute Gasteiger partial charge is 0.461 e. The summed E-state index contributed by atoms with van der Waals surface area (Å²) in [7, 11) is 0. The summed E-state index contributed by atoms with van der Waals surface area (Å²) in [6.07, 6.45) is 26.1. The van der Waals surface area contributed by atoms with Gasteiger partial charge in [-0.05, 0) is 42.9 Å². The minimum Gasteiger partial charge on any atom is -0.461 e. The Morgan fingerprint density at radius 1 is 0.575 bits per heavy atom. The number of carbonyl (C=O) groups excluding carboxylic acids is 1. The van der Waals surface area contributed by atoms with Crippen molar-refractivity contribution in [2.75, 3.05) is 6.61 Å². The van der Waals surface area contributed by atoms with Gasteiger partial charge in [-0.2, -0.15) is 8.78 Å². The highest BCUT2D eigenvalue weighted by molar-refractivity contribution is 5.77. The quantitative estimate of drug-likeness (QED) is 0.0688. The zero-order chi connectivity index (χ0) is 30.1. The predicted octanol–water partition coefficient (Wildman–Crippen LogP) is 12.9. The molecule has 0 aromatic rings. The van der Waals surface area contributed by atoms with Crippen molar-refractivity contribution in [1.82, 2.24) is 0 Å². The molecule has 0 aromatic carbocycles. The third-order valence-corrected chi connectivity index (χ3v) is 8.91. The van der Waals surface area contributed by atoms with E-state index in [-0.39, 0.29) is 13.0 Å². The van der Waals surface area contributed by atoms with E-state index < -0.39 is 11.9 Å². The summed E-state index contributed by atoms with van der Waals surface area (Å²) in [5, 5.41) is 0. The van der Waals surface area contributed by atoms with Gasteiger partial charge in [0, 0.05) is 6.42 Å². The number of carbonyl (C=O) groups is 1. The summed E-state index contributed by atoms with van der Waals surface area (Å²) >= 11 is 0. The van der Waals surface area contributed by atoms with Crippen LogP contribution in [0.25, 0.3) is 0 Å². The van der Waals surface area contributed by atoms with Crippen molar-refractivity contribution >= 4 is 5.97 Å². The lowest BCUT2D eigenvalue weighted by atomic mass is 9.75. The molecular weight excluding hydrogens is 502 g/mol. The van der Waals surface area contributed by atoms with Crippen LogP contribution in [0, 0.1) is 17.3 Å². The number of unbranched alkanes of at least 4 members (excludes halogenated alkanes) is 14. The summed E-state index contributed by atoms with van der Waals surface area (Å²) in [6.45, 7) is 13.8. The van der Waals surface area contributed by atoms with Crippen molar-refractivity contribution in [2.24, 2.45) is 17.3 Å². The molecule has 240 valence electrons. The molecule has 0 aliphatic rings. The van der Waals surface area contributed by atoms with E-state index in [1.165, 1.54) is 103 Å². The molecule has 0 aliphatic heterocycles. The molecule has 0 aliphatic carbocycles. The van der Waals surface area contributed by atoms with Crippen LogP contribution in [0.3, 0.4) is 0 Å². The maximum atomic E-state index is 14.4. The zero-order valence-electron chi connectivity index (χ0n) is 27.9. The van der Waals surface area contributed by atoms with Crippen LogP contribution in [0.1, 0.15) is 196 Å². The SMILES string of the molecule is CCCCCCCCCCC(CCCCCCC(F)(F)C(=O)OCCC(CCCCC)CCCCC)C(C)(C)C. The Morgan fingerprint density at radius 3 is 1.45 bits per heavy atom. The van der Waals surface area contributed by atoms with E-state index in [4.69, 9.17) is 4.74 Å². The lowest BCUT2D eigenvalue weighted by Crippen LogP contribution is -2.31. The maximum absolute atomic E-state index is 14.4. The normalized spacial score (nSPS) is 13.2. The molecule has 1 atom stereocenters. The van der Waals surface area contributed by atoms with Crippen LogP contribution < -0.4 is 0 Å². The van der Waals surface area contributed by atoms with Gasteiger partial charge >= 0.3 is 11.9 Å². The van der Waals surface area contributed by atoms with Crippen molar-refractivity contribution in [3.05, 3.63) is 0 Å². The Kier molecular flexibility index (Phi) is 24.5. The molecule has 0 N–H and O–H groups in total. The molecule has 4 heteroatoms. The first-order chi connectivity index (χ1) is 19.1. The number of alkyl halides is 2. The molecule has 0 saturated heterocycles. The highest BCUT2D eigenvalue weighted by Crippen LogP contribution is 2.35. The standard InChI is InChI=1S/C36H70F2O2/c1-7-10-13-14-15-16-17-22-27-33(35(4,5)6)28-23-18-19-24-30-36(37,38)34(39)40-31-29-32(25-20-11-8-2)26-21-12-9-3/h32-33H,7-31H2,1-6H3. The summed E-state index contributed by atoms with van der Waals surface area (Å²) in [5.74, 6) is -3.50. The first-order valence-corrected chi connectivity index (χ1v) is 17.6. The monoisotopic (exact) mass is 573 g/mol. The van der Waals surface area contributed by atoms with Gasteiger partial charge in [-0.25, -0.2) is 4.79 Å². The minimum absolute atomic E-state index is 0.129. The molecule has 0 heterocycles. The fourth-order valence-electron chi connectivity index (χ4n) is 5.95. The van der Waals surface area contributed by atoms with E-state index in [2.05, 4.69) is 41.5 Å². The highest BCUT2D eigenvalue weighted by atomic mass is 19.3. The average Bonchev–Trinajstić information content (AvgIpc) is 2.90. The van der Waals surface area contributed by atoms with Gasteiger partial charge in [0.2, 0.25) is 0 Å². The van der Waals surface area contributed by atoms with Gasteiger partial charge in [-0.3, -0.25) is 0 Å². The fraction of sp³-hybridized carbons (Fsp3) is 0.972. The van der Waals surface area contributed by atoms with Crippen molar-refractivity contribution in [3.8, 4) is 0 Å². The number of halogens is 2. The summed E-state index contributed by atoms with van der Waals surface area (Å²) in [6, 6.07) is 0. The Balaban J connectivity index is 4.20. The van der Waals surface area contributed by atoms with E-state index in [0.29, 0.717) is 30.1 Å². The summed E-state index contributed by atoms with van der Waals surface area (Å²) in [4.78, 5) is 12.1. The number of hydrogen-bond donors (Lipinski definition) is 0. The maximum Gasteiger partial charge on any atom is 0.376 e. The summed E-state index contributed by atoms with van der Waals surface area (Å²) in [5.41, 5.74) is 0.295. The highest BCUT2D eigenvalue weighted by Gasteiger charge is 2.39. The van der Waals surface area contributed by atoms with Gasteiger partial charge in [0.15, 0.2) is 0 Å². The van der Waals surface area contributed by atoms with Crippen LogP contribution in [-0.4, -0.2) is 18.5 Å². The Labute approximate surface area is 249 Å². The van der Waals surface area contributed by atoms with Gasteiger partial charge in [0.05, 0.1) is 6.61 Å². The van der Waals surface area contributed by atoms with E-state index in [1.807, 2.05) is 0 Å². The van der Waals surface area contributed by atoms with Crippen LogP contribution in [0.15, 0.2) is 0 Å². The van der Waals surface area contributed by atoms with Crippen molar-refractivity contribution in [3.63, 3.8) is 0 Å². The Bertz CT molecular complexity index is 560. The first kappa shape index (κ1) is 39.3. The number of esters is 1. The number of hydrogen-bond acceptors (Lipinski definition) is 2. The third-order valence-electron chi connectivity index (χ3n) is 8.91. The molecule has 0 aromatic heterocycles. The molecule has 0 radical (unpaired) electrons. The lowest BCUT2D eigenvalue weighted by Gasteiger charge is -2.31. The smallest absolute Gasteiger partial charge is 0.376 e. The van der Waals surface area contributed by atoms with Gasteiger partial charge in [0.25, 0.3) is 0 Å². The molecular formula is C36H70F2O2. The number of ether oxygens (including phenoxy) is 1. The molecule has 0 spiro atoms. The molecule has 0 rings (SSSR count). The molecule has 0 saturated carbocycles. The molecule has 0 amide bonds. The second-order valence-electron chi connectivity index (χ2n) is 13.8. The van der Waals surface area contributed by atoms with Gasteiger partial charge in [-0.15, -0.1) is 0 Å². The van der Waals surface area contributed by atoms with Crippen molar-refractivity contribution in [1.29, 1.82) is 0 Å². The van der Waals surface area contributed by atoms with E-state index in [0.717, 1.165) is 32.1 Å². The second kappa shape index (κ2) is 24.9. The van der Waals surface area contributed by atoms with Crippen LogP contribution >= 0.6 is 0 Å². The molecule has 0 bridgehead atoms. The summed E-state index contributed by atoms with van der Waals surface area (Å²) < 4.78 is 34.0. The van der Waals surface area contributed by atoms with Crippen LogP contribution in [-0.2, 0) is 9.53 Å². The second-order valence-corrected chi connectivity index (χ2v) is 13.8. The topological polar surface area (TPSA) is 26.3 Å². The van der Waals surface area contributed by atoms with Crippen molar-refractivity contribution < 1.29 is 18.3 Å². The third kappa shape index (κ3) is 22.0. The lowest BCUT2D eigenvalue weighted by molar-refractivity contribution is -0.173. The van der Waals surface area contributed by atoms with Crippen LogP contribution in [0.4, 0.5) is 8.78 Å². The van der Waals surface area contributed by atoms with E-state index in [9.17, 15) is 13.6 Å². The van der Waals surface area contributed by atoms with Crippen LogP contribution in [0.5, 0.6) is 0 Å². The average molecular weight is 573 g/mol. The fourth-order valence-corrected chi connectivity index (χ4v) is 5.95. The zero-order valence-corrected chi connectivity index (χ0v) is 27.9. The van der Waals surface area contributed by atoms with Gasteiger partial charge in [-0.1, -0.05) is 164 Å². The first-order valence-electron chi connectivity index (χ1n) is 17.6. The Morgan fingerprint density at radius 2 is 0.975 bits per heavy atom. The van der Waals surface area contributed by atoms with E-state index in [1.54, 1.807) is 0 Å². The van der Waals surface area contributed by atoms with Gasteiger partial charge in [0.1, 0.15) is 0 Å². The minimum atomic E-state index is -3.36. The molecule has 0 fully saturated rings. The van der Waals surface area contributed by atoms with Crippen molar-refractivity contribution in [2.45, 2.75) is 202 Å². The number of rotatable bonds is 28. The molecule has 40 heavy (non-hydrogen) atoms. The molecule has 2 nitrogen and oxygen atoms in total. The van der Waals surface area contributed by atoms with E-state index >= 15 is 0 Å².